The summed E-state index contributed by atoms with van der Waals surface area (Å²) >= 11 is 3.52. The summed E-state index contributed by atoms with van der Waals surface area (Å²) in [5.41, 5.74) is 2.46. The minimum atomic E-state index is -0.158. The van der Waals surface area contributed by atoms with Gasteiger partial charge >= 0.3 is 0 Å². The molecule has 0 atom stereocenters. The summed E-state index contributed by atoms with van der Waals surface area (Å²) in [6.45, 7) is 1.89. The molecule has 19 heavy (non-hydrogen) atoms. The van der Waals surface area contributed by atoms with Gasteiger partial charge in [0.05, 0.1) is 0 Å². The molecule has 2 aromatic rings. The zero-order chi connectivity index (χ0) is 13.3. The van der Waals surface area contributed by atoms with Crippen LogP contribution in [0.2, 0.25) is 0 Å². The Bertz CT molecular complexity index is 593. The van der Waals surface area contributed by atoms with E-state index in [1.165, 1.54) is 11.6 Å². The van der Waals surface area contributed by atoms with Crippen molar-refractivity contribution in [1.29, 1.82) is 0 Å². The van der Waals surface area contributed by atoms with Crippen LogP contribution >= 0.6 is 15.9 Å². The van der Waals surface area contributed by atoms with E-state index in [1.54, 1.807) is 12.1 Å². The van der Waals surface area contributed by atoms with E-state index in [0.29, 0.717) is 0 Å². The monoisotopic (exact) mass is 319 g/mol. The molecule has 3 rings (SSSR count). The van der Waals surface area contributed by atoms with Crippen molar-refractivity contribution in [2.75, 3.05) is 13.1 Å². The van der Waals surface area contributed by atoms with E-state index in [9.17, 15) is 4.39 Å². The van der Waals surface area contributed by atoms with Crippen LogP contribution in [0.3, 0.4) is 0 Å². The van der Waals surface area contributed by atoms with Gasteiger partial charge in [0, 0.05) is 23.0 Å². The second-order valence-electron chi connectivity index (χ2n) is 5.20. The molecule has 1 N–H and O–H groups in total. The molecule has 0 aliphatic carbocycles. The SMILES string of the molecule is Fc1cccc(CC2(c3cccc(Br)c3)CNC2)c1. The molecule has 1 aliphatic rings. The van der Waals surface area contributed by atoms with E-state index in [0.717, 1.165) is 29.5 Å². The quantitative estimate of drug-likeness (QED) is 0.910. The van der Waals surface area contributed by atoms with E-state index in [2.05, 4.69) is 39.4 Å². The summed E-state index contributed by atoms with van der Waals surface area (Å²) in [6, 6.07) is 15.3. The Morgan fingerprint density at radius 3 is 2.53 bits per heavy atom. The summed E-state index contributed by atoms with van der Waals surface area (Å²) in [5, 5.41) is 3.35. The third-order valence-corrected chi connectivity index (χ3v) is 4.29. The smallest absolute Gasteiger partial charge is 0.123 e. The molecule has 0 radical (unpaired) electrons. The predicted molar refractivity (Wildman–Crippen MR) is 78.8 cm³/mol. The van der Waals surface area contributed by atoms with Crippen molar-refractivity contribution in [3.05, 3.63) is 69.9 Å². The first-order valence-corrected chi connectivity index (χ1v) is 7.19. The molecule has 0 spiro atoms. The maximum absolute atomic E-state index is 13.3. The second kappa shape index (κ2) is 5.06. The van der Waals surface area contributed by atoms with Crippen LogP contribution in [0.25, 0.3) is 0 Å². The molecule has 1 nitrogen and oxygen atoms in total. The van der Waals surface area contributed by atoms with Crippen LogP contribution in [0.1, 0.15) is 11.1 Å². The van der Waals surface area contributed by atoms with E-state index in [1.807, 2.05) is 12.1 Å². The highest BCUT2D eigenvalue weighted by Gasteiger charge is 2.38. The third-order valence-electron chi connectivity index (χ3n) is 3.80. The first-order chi connectivity index (χ1) is 9.18. The summed E-state index contributed by atoms with van der Waals surface area (Å²) in [5.74, 6) is -0.158. The zero-order valence-corrected chi connectivity index (χ0v) is 12.1. The standard InChI is InChI=1S/C16H15BrFN/c17-14-5-2-4-13(8-14)16(10-19-11-16)9-12-3-1-6-15(18)7-12/h1-8,19H,9-11H2. The highest BCUT2D eigenvalue weighted by molar-refractivity contribution is 9.10. The van der Waals surface area contributed by atoms with Gasteiger partial charge in [0.1, 0.15) is 5.82 Å². The maximum atomic E-state index is 13.3. The zero-order valence-electron chi connectivity index (χ0n) is 10.5. The van der Waals surface area contributed by atoms with Crippen LogP contribution in [0.5, 0.6) is 0 Å². The molecule has 2 aromatic carbocycles. The summed E-state index contributed by atoms with van der Waals surface area (Å²) in [4.78, 5) is 0. The van der Waals surface area contributed by atoms with Gasteiger partial charge in [-0.2, -0.15) is 0 Å². The number of hydrogen-bond acceptors (Lipinski definition) is 1. The van der Waals surface area contributed by atoms with Crippen LogP contribution in [0.4, 0.5) is 4.39 Å². The van der Waals surface area contributed by atoms with Gasteiger partial charge in [-0.25, -0.2) is 4.39 Å². The number of rotatable bonds is 3. The Labute approximate surface area is 121 Å². The van der Waals surface area contributed by atoms with Crippen molar-refractivity contribution in [2.45, 2.75) is 11.8 Å². The van der Waals surface area contributed by atoms with Crippen molar-refractivity contribution in [1.82, 2.24) is 5.32 Å². The molecule has 0 saturated carbocycles. The fraction of sp³-hybridized carbons (Fsp3) is 0.250. The summed E-state index contributed by atoms with van der Waals surface area (Å²) in [6.07, 6.45) is 0.869. The van der Waals surface area contributed by atoms with Crippen LogP contribution in [-0.4, -0.2) is 13.1 Å². The Morgan fingerprint density at radius 1 is 1.11 bits per heavy atom. The number of halogens is 2. The fourth-order valence-electron chi connectivity index (χ4n) is 2.71. The minimum Gasteiger partial charge on any atom is -0.315 e. The maximum Gasteiger partial charge on any atom is 0.123 e. The van der Waals surface area contributed by atoms with Gasteiger partial charge in [0.25, 0.3) is 0 Å². The molecular formula is C16H15BrFN. The molecule has 0 amide bonds. The van der Waals surface area contributed by atoms with Crippen molar-refractivity contribution in [3.63, 3.8) is 0 Å². The Kier molecular flexibility index (Phi) is 3.42. The molecule has 0 unspecified atom stereocenters. The highest BCUT2D eigenvalue weighted by Crippen LogP contribution is 2.33. The number of nitrogens with one attached hydrogen (secondary N) is 1. The molecule has 0 aromatic heterocycles. The minimum absolute atomic E-state index is 0.0948. The van der Waals surface area contributed by atoms with Gasteiger partial charge in [0.15, 0.2) is 0 Å². The third kappa shape index (κ3) is 2.58. The van der Waals surface area contributed by atoms with Gasteiger partial charge in [-0.1, -0.05) is 40.2 Å². The topological polar surface area (TPSA) is 12.0 Å². The Balaban J connectivity index is 1.91. The van der Waals surface area contributed by atoms with E-state index in [4.69, 9.17) is 0 Å². The van der Waals surface area contributed by atoms with Gasteiger partial charge in [-0.3, -0.25) is 0 Å². The predicted octanol–water partition coefficient (Wildman–Crippen LogP) is 3.67. The fourth-order valence-corrected chi connectivity index (χ4v) is 3.11. The summed E-state index contributed by atoms with van der Waals surface area (Å²) < 4.78 is 14.4. The van der Waals surface area contributed by atoms with E-state index >= 15 is 0 Å². The second-order valence-corrected chi connectivity index (χ2v) is 6.12. The van der Waals surface area contributed by atoms with E-state index in [-0.39, 0.29) is 11.2 Å². The Hall–Kier alpha value is -1.19. The molecule has 1 fully saturated rings. The van der Waals surface area contributed by atoms with Crippen molar-refractivity contribution >= 4 is 15.9 Å². The lowest BCUT2D eigenvalue weighted by atomic mass is 9.71. The van der Waals surface area contributed by atoms with Gasteiger partial charge < -0.3 is 5.32 Å². The van der Waals surface area contributed by atoms with Crippen molar-refractivity contribution in [3.8, 4) is 0 Å². The van der Waals surface area contributed by atoms with Crippen LogP contribution in [0, 0.1) is 5.82 Å². The normalized spacial score (nSPS) is 16.9. The lowest BCUT2D eigenvalue weighted by molar-refractivity contribution is 0.274. The van der Waals surface area contributed by atoms with Crippen LogP contribution in [-0.2, 0) is 11.8 Å². The molecule has 3 heteroatoms. The molecular weight excluding hydrogens is 305 g/mol. The van der Waals surface area contributed by atoms with Gasteiger partial charge in [-0.05, 0) is 41.8 Å². The molecule has 1 saturated heterocycles. The van der Waals surface area contributed by atoms with Crippen LogP contribution in [0.15, 0.2) is 53.0 Å². The summed E-state index contributed by atoms with van der Waals surface area (Å²) in [7, 11) is 0. The molecule has 1 heterocycles. The lowest BCUT2D eigenvalue weighted by Gasteiger charge is -2.43. The molecule has 1 aliphatic heterocycles. The Morgan fingerprint density at radius 2 is 1.89 bits per heavy atom. The van der Waals surface area contributed by atoms with Gasteiger partial charge in [0.2, 0.25) is 0 Å². The van der Waals surface area contributed by atoms with Crippen molar-refractivity contribution in [2.24, 2.45) is 0 Å². The number of benzene rings is 2. The average molecular weight is 320 g/mol. The number of hydrogen-bond donors (Lipinski definition) is 1. The first kappa shape index (κ1) is 12.8. The van der Waals surface area contributed by atoms with Gasteiger partial charge in [-0.15, -0.1) is 0 Å². The van der Waals surface area contributed by atoms with E-state index < -0.39 is 0 Å². The molecule has 0 bridgehead atoms. The lowest BCUT2D eigenvalue weighted by Crippen LogP contribution is -2.58. The largest absolute Gasteiger partial charge is 0.315 e. The first-order valence-electron chi connectivity index (χ1n) is 6.39. The van der Waals surface area contributed by atoms with Crippen molar-refractivity contribution < 1.29 is 4.39 Å². The molecule has 98 valence electrons. The average Bonchev–Trinajstić information content (AvgIpc) is 2.34. The highest BCUT2D eigenvalue weighted by atomic mass is 79.9. The van der Waals surface area contributed by atoms with Crippen LogP contribution < -0.4 is 5.32 Å².